The third-order valence-electron chi connectivity index (χ3n) is 7.80. The van der Waals surface area contributed by atoms with Crippen LogP contribution in [0.2, 0.25) is 5.02 Å². The van der Waals surface area contributed by atoms with Crippen molar-refractivity contribution >= 4 is 43.8 Å². The summed E-state index contributed by atoms with van der Waals surface area (Å²) in [7, 11) is -1.69. The summed E-state index contributed by atoms with van der Waals surface area (Å²) in [5.74, 6) is 1.09. The van der Waals surface area contributed by atoms with Gasteiger partial charge in [0.15, 0.2) is 15.4 Å². The standard InChI is InChI=1S/C33H35ClFN3O6S/c1-21(2)45(39,40)14-13-42-22(3)33(11-6-12-44-33)27-17-26-29(18-31(27)41-4)36-20-37-32(26)38-25-9-10-30(28(34)16-25)43-19-23-7-5-8-24(35)15-23/h5-10,12,15-18,20-22H,11,13-14,19H2,1-4H3,(H,36,37,38). The van der Waals surface area contributed by atoms with Crippen LogP contribution in [0.5, 0.6) is 11.5 Å². The van der Waals surface area contributed by atoms with Gasteiger partial charge < -0.3 is 24.3 Å². The molecule has 1 N–H and O–H groups in total. The van der Waals surface area contributed by atoms with Crippen molar-refractivity contribution in [3.63, 3.8) is 0 Å². The molecule has 0 spiro atoms. The molecule has 238 valence electrons. The molecule has 1 aliphatic rings. The Morgan fingerprint density at radius 2 is 1.91 bits per heavy atom. The first-order valence-electron chi connectivity index (χ1n) is 14.5. The number of nitrogens with one attached hydrogen (secondary N) is 1. The first kappa shape index (κ1) is 32.5. The quantitative estimate of drug-likeness (QED) is 0.161. The van der Waals surface area contributed by atoms with Crippen LogP contribution in [0.15, 0.2) is 73.3 Å². The molecule has 1 aliphatic heterocycles. The van der Waals surface area contributed by atoms with Gasteiger partial charge in [0.05, 0.1) is 47.6 Å². The molecule has 1 aromatic heterocycles. The fourth-order valence-corrected chi connectivity index (χ4v) is 6.14. The molecule has 0 saturated heterocycles. The number of hydrogen-bond acceptors (Lipinski definition) is 9. The second-order valence-corrected chi connectivity index (χ2v) is 14.1. The summed E-state index contributed by atoms with van der Waals surface area (Å²) in [6.07, 6.45) is 4.92. The Kier molecular flexibility index (Phi) is 9.81. The molecule has 3 aromatic carbocycles. The van der Waals surface area contributed by atoms with Crippen molar-refractivity contribution in [3.05, 3.63) is 95.2 Å². The molecule has 12 heteroatoms. The van der Waals surface area contributed by atoms with Crippen molar-refractivity contribution < 1.29 is 31.8 Å². The highest BCUT2D eigenvalue weighted by atomic mass is 35.5. The summed E-state index contributed by atoms with van der Waals surface area (Å²) >= 11 is 6.54. The summed E-state index contributed by atoms with van der Waals surface area (Å²) in [5, 5.41) is 3.90. The Bertz CT molecular complexity index is 1810. The van der Waals surface area contributed by atoms with E-state index in [1.165, 1.54) is 18.5 Å². The topological polar surface area (TPSA) is 109 Å². The summed E-state index contributed by atoms with van der Waals surface area (Å²) in [4.78, 5) is 8.95. The molecule has 0 bridgehead atoms. The van der Waals surface area contributed by atoms with Gasteiger partial charge in [0.1, 0.15) is 36.1 Å². The number of benzene rings is 3. The zero-order chi connectivity index (χ0) is 32.2. The summed E-state index contributed by atoms with van der Waals surface area (Å²) < 4.78 is 62.2. The van der Waals surface area contributed by atoms with Crippen LogP contribution >= 0.6 is 11.6 Å². The van der Waals surface area contributed by atoms with Gasteiger partial charge >= 0.3 is 0 Å². The van der Waals surface area contributed by atoms with Crippen LogP contribution < -0.4 is 14.8 Å². The van der Waals surface area contributed by atoms with Crippen LogP contribution in [0, 0.1) is 5.82 Å². The smallest absolute Gasteiger partial charge is 0.166 e. The fourth-order valence-electron chi connectivity index (χ4n) is 5.11. The summed E-state index contributed by atoms with van der Waals surface area (Å²) in [5.41, 5.74) is 1.71. The van der Waals surface area contributed by atoms with Crippen LogP contribution in [-0.4, -0.2) is 49.2 Å². The van der Waals surface area contributed by atoms with Crippen LogP contribution in [-0.2, 0) is 31.5 Å². The third-order valence-corrected chi connectivity index (χ3v) is 10.3. The largest absolute Gasteiger partial charge is 0.496 e. The van der Waals surface area contributed by atoms with Gasteiger partial charge in [0.2, 0.25) is 0 Å². The molecular formula is C33H35ClFN3O6S. The van der Waals surface area contributed by atoms with Crippen molar-refractivity contribution in [2.75, 3.05) is 24.8 Å². The Morgan fingerprint density at radius 1 is 1.09 bits per heavy atom. The summed E-state index contributed by atoms with van der Waals surface area (Å²) in [6, 6.07) is 15.2. The van der Waals surface area contributed by atoms with E-state index in [4.69, 9.17) is 30.5 Å². The molecule has 45 heavy (non-hydrogen) atoms. The maximum atomic E-state index is 13.5. The van der Waals surface area contributed by atoms with Crippen LogP contribution in [0.25, 0.3) is 10.9 Å². The Morgan fingerprint density at radius 3 is 2.60 bits per heavy atom. The zero-order valence-corrected chi connectivity index (χ0v) is 27.0. The maximum Gasteiger partial charge on any atom is 0.166 e. The van der Waals surface area contributed by atoms with Crippen LogP contribution in [0.1, 0.15) is 38.3 Å². The SMILES string of the molecule is COc1cc2ncnc(Nc3ccc(OCc4cccc(F)c4)c(Cl)c3)c2cc1C1(C(C)OCCS(=O)(=O)C(C)C)CC=CO1. The highest BCUT2D eigenvalue weighted by molar-refractivity contribution is 7.92. The van der Waals surface area contributed by atoms with E-state index in [0.29, 0.717) is 56.5 Å². The highest BCUT2D eigenvalue weighted by Crippen LogP contribution is 2.45. The molecular weight excluding hydrogens is 621 g/mol. The lowest BCUT2D eigenvalue weighted by molar-refractivity contribution is -0.0973. The van der Waals surface area contributed by atoms with Gasteiger partial charge in [-0.15, -0.1) is 0 Å². The molecule has 0 aliphatic carbocycles. The average Bonchev–Trinajstić information content (AvgIpc) is 3.51. The second-order valence-electron chi connectivity index (χ2n) is 11.0. The van der Waals surface area contributed by atoms with E-state index >= 15 is 0 Å². The monoisotopic (exact) mass is 655 g/mol. The lowest BCUT2D eigenvalue weighted by Crippen LogP contribution is -2.40. The molecule has 4 aromatic rings. The Labute approximate surface area is 267 Å². The van der Waals surface area contributed by atoms with Crippen LogP contribution in [0.4, 0.5) is 15.9 Å². The van der Waals surface area contributed by atoms with Gasteiger partial charge in [0.25, 0.3) is 0 Å². The van der Waals surface area contributed by atoms with E-state index in [2.05, 4.69) is 15.3 Å². The normalized spacial score (nSPS) is 17.0. The first-order chi connectivity index (χ1) is 21.5. The second kappa shape index (κ2) is 13.6. The van der Waals surface area contributed by atoms with E-state index in [1.54, 1.807) is 57.6 Å². The van der Waals surface area contributed by atoms with E-state index in [9.17, 15) is 12.8 Å². The van der Waals surface area contributed by atoms with E-state index in [1.807, 2.05) is 25.1 Å². The average molecular weight is 656 g/mol. The predicted molar refractivity (Wildman–Crippen MR) is 172 cm³/mol. The Balaban J connectivity index is 1.41. The maximum absolute atomic E-state index is 13.5. The van der Waals surface area contributed by atoms with Crippen molar-refractivity contribution in [1.82, 2.24) is 9.97 Å². The number of aromatic nitrogens is 2. The van der Waals surface area contributed by atoms with Crippen molar-refractivity contribution in [2.45, 2.75) is 50.8 Å². The molecule has 0 saturated carbocycles. The number of hydrogen-bond donors (Lipinski definition) is 1. The predicted octanol–water partition coefficient (Wildman–Crippen LogP) is 7.11. The van der Waals surface area contributed by atoms with Crippen molar-refractivity contribution in [1.29, 1.82) is 0 Å². The fraction of sp³-hybridized carbons (Fsp3) is 0.333. The molecule has 0 amide bonds. The number of rotatable bonds is 13. The molecule has 2 unspecified atom stereocenters. The van der Waals surface area contributed by atoms with E-state index < -0.39 is 26.8 Å². The minimum Gasteiger partial charge on any atom is -0.496 e. The molecule has 2 atom stereocenters. The lowest BCUT2D eigenvalue weighted by atomic mass is 9.85. The molecule has 0 fully saturated rings. The minimum atomic E-state index is -3.26. The van der Waals surface area contributed by atoms with Gasteiger partial charge in [0, 0.05) is 29.1 Å². The number of sulfone groups is 1. The van der Waals surface area contributed by atoms with E-state index in [-0.39, 0.29) is 24.8 Å². The van der Waals surface area contributed by atoms with Crippen molar-refractivity contribution in [3.8, 4) is 11.5 Å². The van der Waals surface area contributed by atoms with Gasteiger partial charge in [-0.3, -0.25) is 0 Å². The summed E-state index contributed by atoms with van der Waals surface area (Å²) in [6.45, 7) is 5.37. The van der Waals surface area contributed by atoms with Gasteiger partial charge in [-0.05, 0) is 68.8 Å². The number of halogens is 2. The van der Waals surface area contributed by atoms with Gasteiger partial charge in [-0.1, -0.05) is 23.7 Å². The van der Waals surface area contributed by atoms with E-state index in [0.717, 1.165) is 0 Å². The third kappa shape index (κ3) is 7.16. The Hall–Kier alpha value is -3.93. The number of ether oxygens (including phenoxy) is 4. The zero-order valence-electron chi connectivity index (χ0n) is 25.4. The highest BCUT2D eigenvalue weighted by Gasteiger charge is 2.44. The number of fused-ring (bicyclic) bond motifs is 1. The van der Waals surface area contributed by atoms with Crippen molar-refractivity contribution in [2.24, 2.45) is 0 Å². The molecule has 9 nitrogen and oxygen atoms in total. The van der Waals surface area contributed by atoms with Gasteiger partial charge in [-0.2, -0.15) is 0 Å². The molecule has 2 heterocycles. The van der Waals surface area contributed by atoms with Crippen LogP contribution in [0.3, 0.4) is 0 Å². The molecule has 5 rings (SSSR count). The molecule has 0 radical (unpaired) electrons. The number of methoxy groups -OCH3 is 1. The number of nitrogens with zero attached hydrogens (tertiary/aromatic N) is 2. The minimum absolute atomic E-state index is 0.0291. The first-order valence-corrected chi connectivity index (χ1v) is 16.5. The lowest BCUT2D eigenvalue weighted by Gasteiger charge is -2.36. The van der Waals surface area contributed by atoms with Gasteiger partial charge in [-0.25, -0.2) is 22.8 Å². The number of anilines is 2.